The smallest absolute Gasteiger partial charge is 0.350 e. The summed E-state index contributed by atoms with van der Waals surface area (Å²) in [6, 6.07) is 4.97. The molecule has 4 nitrogen and oxygen atoms in total. The quantitative estimate of drug-likeness (QED) is 0.760. The summed E-state index contributed by atoms with van der Waals surface area (Å²) in [7, 11) is 0. The molecule has 2 aliphatic rings. The number of nitrogens with one attached hydrogen (secondary N) is 2. The molecule has 1 unspecified atom stereocenters. The van der Waals surface area contributed by atoms with Gasteiger partial charge in [-0.15, -0.1) is 23.7 Å². The molecule has 2 N–H and O–H groups in total. The number of halogens is 4. The molecule has 28 heavy (non-hydrogen) atoms. The van der Waals surface area contributed by atoms with Gasteiger partial charge in [0.15, 0.2) is 0 Å². The Kier molecular flexibility index (Phi) is 6.03. The number of amides is 1. The standard InChI is InChI=1S/C19H20F3N3OS.ClH/c20-19(21,22)13-3-1-12(2-4-13)17-25-14(11-27-17)10-24-16(26)15-9-18(15)5-7-23-8-6-18;/h1-4,11,15,23H,5-10H2,(H,24,26);1H. The van der Waals surface area contributed by atoms with Gasteiger partial charge in [-0.25, -0.2) is 4.98 Å². The normalized spacial score (nSPS) is 20.5. The highest BCUT2D eigenvalue weighted by Crippen LogP contribution is 2.58. The van der Waals surface area contributed by atoms with Crippen molar-refractivity contribution in [3.8, 4) is 10.6 Å². The van der Waals surface area contributed by atoms with E-state index in [4.69, 9.17) is 0 Å². The lowest BCUT2D eigenvalue weighted by Gasteiger charge is -2.23. The Balaban J connectivity index is 0.00000225. The fourth-order valence-electron chi connectivity index (χ4n) is 3.82. The van der Waals surface area contributed by atoms with Crippen molar-refractivity contribution in [1.29, 1.82) is 0 Å². The van der Waals surface area contributed by atoms with Gasteiger partial charge in [-0.2, -0.15) is 13.2 Å². The topological polar surface area (TPSA) is 54.0 Å². The number of aromatic nitrogens is 1. The summed E-state index contributed by atoms with van der Waals surface area (Å²) >= 11 is 1.36. The molecule has 1 aliphatic carbocycles. The maximum absolute atomic E-state index is 12.6. The SMILES string of the molecule is Cl.O=C(NCc1csc(-c2ccc(C(F)(F)F)cc2)n1)C1CC12CCNCC2. The van der Waals surface area contributed by atoms with Crippen molar-refractivity contribution in [2.75, 3.05) is 13.1 Å². The molecule has 0 radical (unpaired) electrons. The minimum Gasteiger partial charge on any atom is -0.350 e. The second kappa shape index (κ2) is 8.00. The van der Waals surface area contributed by atoms with Gasteiger partial charge in [0.2, 0.25) is 5.91 Å². The van der Waals surface area contributed by atoms with Crippen molar-refractivity contribution in [1.82, 2.24) is 15.6 Å². The van der Waals surface area contributed by atoms with E-state index in [0.717, 1.165) is 50.2 Å². The number of carbonyl (C=O) groups excluding carboxylic acids is 1. The first kappa shape index (κ1) is 21.1. The number of benzene rings is 1. The molecule has 2 aromatic rings. The molecule has 1 aliphatic heterocycles. The Bertz CT molecular complexity index is 832. The average Bonchev–Trinajstić information content (AvgIpc) is 3.13. The highest BCUT2D eigenvalue weighted by atomic mass is 35.5. The third-order valence-electron chi connectivity index (χ3n) is 5.56. The zero-order chi connectivity index (χ0) is 19.1. The monoisotopic (exact) mass is 431 g/mol. The molecule has 4 rings (SSSR count). The first-order chi connectivity index (χ1) is 12.9. The first-order valence-electron chi connectivity index (χ1n) is 8.98. The number of nitrogens with zero attached hydrogens (tertiary/aromatic N) is 1. The van der Waals surface area contributed by atoms with Crippen molar-refractivity contribution < 1.29 is 18.0 Å². The Morgan fingerprint density at radius 1 is 1.25 bits per heavy atom. The van der Waals surface area contributed by atoms with E-state index in [1.807, 2.05) is 5.38 Å². The summed E-state index contributed by atoms with van der Waals surface area (Å²) in [5, 5.41) is 8.77. The maximum atomic E-state index is 12.6. The highest BCUT2D eigenvalue weighted by molar-refractivity contribution is 7.13. The summed E-state index contributed by atoms with van der Waals surface area (Å²) in [6.45, 7) is 2.31. The number of carbonyl (C=O) groups is 1. The van der Waals surface area contributed by atoms with E-state index in [9.17, 15) is 18.0 Å². The van der Waals surface area contributed by atoms with Crippen LogP contribution in [0.2, 0.25) is 0 Å². The van der Waals surface area contributed by atoms with E-state index in [2.05, 4.69) is 15.6 Å². The molecule has 1 amide bonds. The van der Waals surface area contributed by atoms with Crippen LogP contribution in [0.5, 0.6) is 0 Å². The van der Waals surface area contributed by atoms with E-state index < -0.39 is 11.7 Å². The van der Waals surface area contributed by atoms with Gasteiger partial charge in [0.05, 0.1) is 17.8 Å². The molecule has 1 aromatic heterocycles. The van der Waals surface area contributed by atoms with Gasteiger partial charge in [0.25, 0.3) is 0 Å². The highest BCUT2D eigenvalue weighted by Gasteiger charge is 2.57. The van der Waals surface area contributed by atoms with E-state index in [1.54, 1.807) is 0 Å². The van der Waals surface area contributed by atoms with Crippen LogP contribution in [-0.4, -0.2) is 24.0 Å². The summed E-state index contributed by atoms with van der Waals surface area (Å²) in [5.41, 5.74) is 0.888. The number of rotatable bonds is 4. The number of piperidine rings is 1. The van der Waals surface area contributed by atoms with Gasteiger partial charge in [-0.3, -0.25) is 4.79 Å². The summed E-state index contributed by atoms with van der Waals surface area (Å²) in [4.78, 5) is 16.8. The largest absolute Gasteiger partial charge is 0.416 e. The van der Waals surface area contributed by atoms with Crippen LogP contribution in [0.25, 0.3) is 10.6 Å². The van der Waals surface area contributed by atoms with Gasteiger partial charge in [0.1, 0.15) is 5.01 Å². The first-order valence-corrected chi connectivity index (χ1v) is 9.86. The minimum absolute atomic E-state index is 0. The van der Waals surface area contributed by atoms with Crippen molar-refractivity contribution >= 4 is 29.7 Å². The third-order valence-corrected chi connectivity index (χ3v) is 6.50. The van der Waals surface area contributed by atoms with Crippen LogP contribution < -0.4 is 10.6 Å². The molecule has 1 atom stereocenters. The van der Waals surface area contributed by atoms with E-state index in [0.29, 0.717) is 17.1 Å². The van der Waals surface area contributed by atoms with Gasteiger partial charge in [-0.05, 0) is 49.9 Å². The lowest BCUT2D eigenvalue weighted by Crippen LogP contribution is -2.33. The van der Waals surface area contributed by atoms with Crippen molar-refractivity contribution in [2.45, 2.75) is 32.0 Å². The Morgan fingerprint density at radius 2 is 1.93 bits per heavy atom. The van der Waals surface area contributed by atoms with Crippen LogP contribution >= 0.6 is 23.7 Å². The van der Waals surface area contributed by atoms with Crippen LogP contribution in [0.1, 0.15) is 30.5 Å². The molecule has 152 valence electrons. The van der Waals surface area contributed by atoms with Crippen molar-refractivity contribution in [2.24, 2.45) is 11.3 Å². The fourth-order valence-corrected chi connectivity index (χ4v) is 4.64. The number of thiazole rings is 1. The average molecular weight is 432 g/mol. The van der Waals surface area contributed by atoms with Gasteiger partial charge >= 0.3 is 6.18 Å². The molecule has 1 aromatic carbocycles. The van der Waals surface area contributed by atoms with Crippen molar-refractivity contribution in [3.05, 3.63) is 40.9 Å². The zero-order valence-electron chi connectivity index (χ0n) is 15.0. The van der Waals surface area contributed by atoms with Crippen LogP contribution in [0.3, 0.4) is 0 Å². The van der Waals surface area contributed by atoms with Crippen LogP contribution in [0.15, 0.2) is 29.6 Å². The maximum Gasteiger partial charge on any atom is 0.416 e. The number of alkyl halides is 3. The Hall–Kier alpha value is -1.64. The molecule has 1 spiro atoms. The second-order valence-corrected chi connectivity index (χ2v) is 8.16. The van der Waals surface area contributed by atoms with E-state index in [1.165, 1.54) is 23.5 Å². The van der Waals surface area contributed by atoms with Gasteiger partial charge in [-0.1, -0.05) is 12.1 Å². The lowest BCUT2D eigenvalue weighted by molar-refractivity contribution is -0.137. The third kappa shape index (κ3) is 4.34. The molecule has 1 saturated heterocycles. The van der Waals surface area contributed by atoms with Crippen LogP contribution in [0.4, 0.5) is 13.2 Å². The molecule has 9 heteroatoms. The predicted octanol–water partition coefficient (Wildman–Crippen LogP) is 4.26. The molecule has 2 heterocycles. The van der Waals surface area contributed by atoms with Crippen molar-refractivity contribution in [3.63, 3.8) is 0 Å². The molecular weight excluding hydrogens is 411 g/mol. The predicted molar refractivity (Wildman–Crippen MR) is 104 cm³/mol. The van der Waals surface area contributed by atoms with Crippen LogP contribution in [-0.2, 0) is 17.5 Å². The minimum atomic E-state index is -4.34. The molecule has 1 saturated carbocycles. The number of hydrogen-bond donors (Lipinski definition) is 2. The van der Waals surface area contributed by atoms with Gasteiger partial charge < -0.3 is 10.6 Å². The van der Waals surface area contributed by atoms with E-state index in [-0.39, 0.29) is 29.6 Å². The van der Waals surface area contributed by atoms with E-state index >= 15 is 0 Å². The summed E-state index contributed by atoms with van der Waals surface area (Å²) in [5.74, 6) is 0.189. The fraction of sp³-hybridized carbons (Fsp3) is 0.474. The zero-order valence-corrected chi connectivity index (χ0v) is 16.6. The molecule has 0 bridgehead atoms. The molecular formula is C19H21ClF3N3OS. The Morgan fingerprint density at radius 3 is 2.57 bits per heavy atom. The van der Waals surface area contributed by atoms with Crippen LogP contribution in [0, 0.1) is 11.3 Å². The Labute approximate surface area is 171 Å². The molecule has 2 fully saturated rings. The second-order valence-electron chi connectivity index (χ2n) is 7.31. The van der Waals surface area contributed by atoms with Gasteiger partial charge in [0, 0.05) is 16.9 Å². The summed E-state index contributed by atoms with van der Waals surface area (Å²) in [6.07, 6.45) is -1.26. The summed E-state index contributed by atoms with van der Waals surface area (Å²) < 4.78 is 37.9. The lowest BCUT2D eigenvalue weighted by atomic mass is 9.92. The number of hydrogen-bond acceptors (Lipinski definition) is 4.